The van der Waals surface area contributed by atoms with Crippen molar-refractivity contribution in [1.29, 1.82) is 0 Å². The molecule has 1 aliphatic carbocycles. The van der Waals surface area contributed by atoms with Crippen molar-refractivity contribution in [2.24, 2.45) is 5.92 Å². The van der Waals surface area contributed by atoms with Crippen LogP contribution < -0.4 is 0 Å². The predicted octanol–water partition coefficient (Wildman–Crippen LogP) is 2.64. The average molecular weight is 312 g/mol. The quantitative estimate of drug-likeness (QED) is 0.871. The second kappa shape index (κ2) is 6.10. The van der Waals surface area contributed by atoms with Crippen LogP contribution in [0.3, 0.4) is 0 Å². The Hall–Kier alpha value is -2.24. The molecule has 6 heteroatoms. The van der Waals surface area contributed by atoms with Crippen molar-refractivity contribution >= 4 is 5.91 Å². The Kier molecular flexibility index (Phi) is 3.81. The fourth-order valence-electron chi connectivity index (χ4n) is 3.42. The molecule has 0 N–H and O–H groups in total. The van der Waals surface area contributed by atoms with Crippen molar-refractivity contribution in [3.8, 4) is 11.5 Å². The van der Waals surface area contributed by atoms with Gasteiger partial charge in [-0.2, -0.15) is 4.98 Å². The Morgan fingerprint density at radius 2 is 2.00 bits per heavy atom. The van der Waals surface area contributed by atoms with Gasteiger partial charge in [0.1, 0.15) is 5.69 Å². The minimum absolute atomic E-state index is 0.160. The van der Waals surface area contributed by atoms with Gasteiger partial charge in [-0.15, -0.1) is 0 Å². The van der Waals surface area contributed by atoms with E-state index in [0.29, 0.717) is 36.4 Å². The highest BCUT2D eigenvalue weighted by atomic mass is 16.5. The Morgan fingerprint density at radius 3 is 2.74 bits per heavy atom. The standard InChI is InChI=1S/C17H20N4O2/c22-17(12-6-2-1-3-7-12)21-10-13(11-21)16-19-15(20-23-16)14-8-4-5-9-18-14/h4-5,8-9,12-13H,1-3,6-7,10-11H2. The van der Waals surface area contributed by atoms with Gasteiger partial charge in [-0.1, -0.05) is 30.5 Å². The molecule has 0 radical (unpaired) electrons. The molecule has 6 nitrogen and oxygen atoms in total. The molecule has 120 valence electrons. The lowest BCUT2D eigenvalue weighted by Crippen LogP contribution is -2.51. The first kappa shape index (κ1) is 14.4. The van der Waals surface area contributed by atoms with Crippen LogP contribution in [0.5, 0.6) is 0 Å². The summed E-state index contributed by atoms with van der Waals surface area (Å²) in [7, 11) is 0. The van der Waals surface area contributed by atoms with E-state index in [1.54, 1.807) is 6.20 Å². The van der Waals surface area contributed by atoms with Crippen molar-refractivity contribution in [2.45, 2.75) is 38.0 Å². The van der Waals surface area contributed by atoms with E-state index in [0.717, 1.165) is 12.8 Å². The predicted molar refractivity (Wildman–Crippen MR) is 83.4 cm³/mol. The van der Waals surface area contributed by atoms with Crippen molar-refractivity contribution < 1.29 is 9.32 Å². The molecule has 0 aromatic carbocycles. The number of hydrogen-bond donors (Lipinski definition) is 0. The summed E-state index contributed by atoms with van der Waals surface area (Å²) >= 11 is 0. The van der Waals surface area contributed by atoms with Crippen LogP contribution in [0.25, 0.3) is 11.5 Å². The molecule has 0 spiro atoms. The maximum atomic E-state index is 12.4. The first-order valence-electron chi connectivity index (χ1n) is 8.35. The number of carbonyl (C=O) groups is 1. The second-order valence-corrected chi connectivity index (χ2v) is 6.45. The maximum absolute atomic E-state index is 12.4. The van der Waals surface area contributed by atoms with E-state index in [1.807, 2.05) is 23.1 Å². The Labute approximate surface area is 134 Å². The molecule has 1 saturated heterocycles. The number of carbonyl (C=O) groups excluding carboxylic acids is 1. The molecule has 1 aliphatic heterocycles. The fourth-order valence-corrected chi connectivity index (χ4v) is 3.42. The van der Waals surface area contributed by atoms with Gasteiger partial charge in [-0.3, -0.25) is 9.78 Å². The van der Waals surface area contributed by atoms with E-state index < -0.39 is 0 Å². The van der Waals surface area contributed by atoms with Gasteiger partial charge in [0.15, 0.2) is 0 Å². The highest BCUT2D eigenvalue weighted by Crippen LogP contribution is 2.32. The van der Waals surface area contributed by atoms with Crippen molar-refractivity contribution in [3.63, 3.8) is 0 Å². The van der Waals surface area contributed by atoms with Crippen LogP contribution >= 0.6 is 0 Å². The molecule has 0 bridgehead atoms. The van der Waals surface area contributed by atoms with Crippen LogP contribution in [-0.2, 0) is 4.79 Å². The molecule has 4 rings (SSSR count). The molecule has 3 heterocycles. The van der Waals surface area contributed by atoms with Gasteiger partial charge in [-0.05, 0) is 25.0 Å². The van der Waals surface area contributed by atoms with Crippen LogP contribution in [-0.4, -0.2) is 39.0 Å². The van der Waals surface area contributed by atoms with Gasteiger partial charge < -0.3 is 9.42 Å². The minimum atomic E-state index is 0.160. The molecule has 1 saturated carbocycles. The molecule has 1 amide bonds. The Balaban J connectivity index is 1.37. The minimum Gasteiger partial charge on any atom is -0.341 e. The smallest absolute Gasteiger partial charge is 0.233 e. The molecule has 2 fully saturated rings. The monoisotopic (exact) mass is 312 g/mol. The van der Waals surface area contributed by atoms with Gasteiger partial charge >= 0.3 is 0 Å². The van der Waals surface area contributed by atoms with Gasteiger partial charge in [0.05, 0.1) is 5.92 Å². The first-order chi connectivity index (χ1) is 11.3. The Morgan fingerprint density at radius 1 is 1.17 bits per heavy atom. The van der Waals surface area contributed by atoms with Crippen molar-refractivity contribution in [2.75, 3.05) is 13.1 Å². The first-order valence-corrected chi connectivity index (χ1v) is 8.35. The van der Waals surface area contributed by atoms with Gasteiger partial charge in [0.25, 0.3) is 0 Å². The zero-order chi connectivity index (χ0) is 15.6. The van der Waals surface area contributed by atoms with Crippen molar-refractivity contribution in [3.05, 3.63) is 30.3 Å². The maximum Gasteiger partial charge on any atom is 0.233 e. The third-order valence-corrected chi connectivity index (χ3v) is 4.83. The molecule has 0 unspecified atom stereocenters. The van der Waals surface area contributed by atoms with E-state index in [9.17, 15) is 4.79 Å². The zero-order valence-corrected chi connectivity index (χ0v) is 13.0. The van der Waals surface area contributed by atoms with Crippen LogP contribution in [0.1, 0.15) is 43.9 Å². The largest absolute Gasteiger partial charge is 0.341 e. The third kappa shape index (κ3) is 2.85. The zero-order valence-electron chi connectivity index (χ0n) is 13.0. The van der Waals surface area contributed by atoms with E-state index in [4.69, 9.17) is 4.52 Å². The van der Waals surface area contributed by atoms with Crippen LogP contribution in [0.4, 0.5) is 0 Å². The third-order valence-electron chi connectivity index (χ3n) is 4.83. The number of hydrogen-bond acceptors (Lipinski definition) is 5. The summed E-state index contributed by atoms with van der Waals surface area (Å²) in [5, 5.41) is 4.00. The number of amides is 1. The van der Waals surface area contributed by atoms with Gasteiger partial charge in [0, 0.05) is 25.2 Å². The van der Waals surface area contributed by atoms with E-state index in [1.165, 1.54) is 19.3 Å². The Bertz CT molecular complexity index is 673. The molecule has 23 heavy (non-hydrogen) atoms. The van der Waals surface area contributed by atoms with Gasteiger partial charge in [-0.25, -0.2) is 0 Å². The molecule has 2 aliphatic rings. The average Bonchev–Trinajstić information content (AvgIpc) is 3.05. The molecule has 2 aromatic heterocycles. The summed E-state index contributed by atoms with van der Waals surface area (Å²) in [6.45, 7) is 1.39. The lowest BCUT2D eigenvalue weighted by molar-refractivity contribution is -0.141. The fraction of sp³-hybridized carbons (Fsp3) is 0.529. The lowest BCUT2D eigenvalue weighted by Gasteiger charge is -2.39. The number of pyridine rings is 1. The summed E-state index contributed by atoms with van der Waals surface area (Å²) in [6, 6.07) is 5.60. The van der Waals surface area contributed by atoms with Crippen LogP contribution in [0.15, 0.2) is 28.9 Å². The molecule has 2 aromatic rings. The van der Waals surface area contributed by atoms with E-state index >= 15 is 0 Å². The number of nitrogens with zero attached hydrogens (tertiary/aromatic N) is 4. The van der Waals surface area contributed by atoms with E-state index in [2.05, 4.69) is 15.1 Å². The number of likely N-dealkylation sites (tertiary alicyclic amines) is 1. The summed E-state index contributed by atoms with van der Waals surface area (Å²) in [5.74, 6) is 1.82. The summed E-state index contributed by atoms with van der Waals surface area (Å²) in [6.07, 6.45) is 7.44. The van der Waals surface area contributed by atoms with E-state index in [-0.39, 0.29) is 11.8 Å². The summed E-state index contributed by atoms with van der Waals surface area (Å²) in [4.78, 5) is 23.0. The van der Waals surface area contributed by atoms with Crippen LogP contribution in [0, 0.1) is 5.92 Å². The summed E-state index contributed by atoms with van der Waals surface area (Å²) in [5.41, 5.74) is 0.706. The molecule has 0 atom stereocenters. The second-order valence-electron chi connectivity index (χ2n) is 6.45. The topological polar surface area (TPSA) is 72.1 Å². The SMILES string of the molecule is O=C(C1CCCCC1)N1CC(c2nc(-c3ccccn3)no2)C1. The highest BCUT2D eigenvalue weighted by molar-refractivity contribution is 5.80. The molecular formula is C17H20N4O2. The lowest BCUT2D eigenvalue weighted by atomic mass is 9.86. The molecular weight excluding hydrogens is 292 g/mol. The number of rotatable bonds is 3. The highest BCUT2D eigenvalue weighted by Gasteiger charge is 2.38. The number of aromatic nitrogens is 3. The van der Waals surface area contributed by atoms with Crippen LogP contribution in [0.2, 0.25) is 0 Å². The summed E-state index contributed by atoms with van der Waals surface area (Å²) < 4.78 is 5.36. The van der Waals surface area contributed by atoms with Gasteiger partial charge in [0.2, 0.25) is 17.6 Å². The van der Waals surface area contributed by atoms with Crippen molar-refractivity contribution in [1.82, 2.24) is 20.0 Å². The normalized spacial score (nSPS) is 19.6.